The predicted octanol–water partition coefficient (Wildman–Crippen LogP) is 2.25. The third-order valence-electron chi connectivity index (χ3n) is 1.99. The number of aliphatic hydroxyl groups is 1. The Bertz CT molecular complexity index is 457. The number of carbonyl (C=O) groups is 1. The molecule has 0 heterocycles. The van der Waals surface area contributed by atoms with Crippen LogP contribution in [0.15, 0.2) is 22.7 Å². The zero-order valence-electron chi connectivity index (χ0n) is 9.50. The van der Waals surface area contributed by atoms with E-state index in [9.17, 15) is 4.79 Å². The summed E-state index contributed by atoms with van der Waals surface area (Å²) in [5.74, 6) is 5.27. The van der Waals surface area contributed by atoms with Crippen LogP contribution in [-0.2, 0) is 16.1 Å². The minimum atomic E-state index is -0.320. The number of hydrogen-bond donors (Lipinski definition) is 1. The van der Waals surface area contributed by atoms with Crippen molar-refractivity contribution < 1.29 is 14.6 Å². The summed E-state index contributed by atoms with van der Waals surface area (Å²) < 4.78 is 5.60. The predicted molar refractivity (Wildman–Crippen MR) is 68.2 cm³/mol. The molecular formula is C13H13BrO3. The second-order valence-electron chi connectivity index (χ2n) is 3.25. The van der Waals surface area contributed by atoms with Crippen molar-refractivity contribution in [1.29, 1.82) is 0 Å². The van der Waals surface area contributed by atoms with Crippen LogP contribution in [-0.4, -0.2) is 17.7 Å². The Labute approximate surface area is 109 Å². The van der Waals surface area contributed by atoms with Gasteiger partial charge in [-0.1, -0.05) is 27.8 Å². The Morgan fingerprint density at radius 2 is 2.29 bits per heavy atom. The van der Waals surface area contributed by atoms with Crippen LogP contribution >= 0.6 is 15.9 Å². The second kappa shape index (κ2) is 7.10. The normalized spacial score (nSPS) is 9.35. The molecule has 0 bridgehead atoms. The van der Waals surface area contributed by atoms with E-state index in [1.807, 2.05) is 12.1 Å². The minimum absolute atomic E-state index is 0.0476. The van der Waals surface area contributed by atoms with Crippen molar-refractivity contribution in [2.24, 2.45) is 0 Å². The van der Waals surface area contributed by atoms with E-state index in [4.69, 9.17) is 9.84 Å². The molecular weight excluding hydrogens is 284 g/mol. The van der Waals surface area contributed by atoms with Gasteiger partial charge >= 0.3 is 5.97 Å². The van der Waals surface area contributed by atoms with E-state index in [1.54, 1.807) is 13.0 Å². The van der Waals surface area contributed by atoms with Gasteiger partial charge in [0.05, 0.1) is 13.2 Å². The van der Waals surface area contributed by atoms with Gasteiger partial charge < -0.3 is 9.84 Å². The molecule has 17 heavy (non-hydrogen) atoms. The lowest BCUT2D eigenvalue weighted by atomic mass is 10.1. The van der Waals surface area contributed by atoms with E-state index in [0.29, 0.717) is 6.61 Å². The van der Waals surface area contributed by atoms with Gasteiger partial charge in [-0.15, -0.1) is 0 Å². The molecule has 0 spiro atoms. The van der Waals surface area contributed by atoms with Gasteiger partial charge in [-0.3, -0.25) is 4.79 Å². The fraction of sp³-hybridized carbons (Fsp3) is 0.308. The van der Waals surface area contributed by atoms with Crippen LogP contribution < -0.4 is 0 Å². The number of benzene rings is 1. The van der Waals surface area contributed by atoms with E-state index in [-0.39, 0.29) is 19.0 Å². The summed E-state index contributed by atoms with van der Waals surface area (Å²) >= 11 is 3.32. The number of aliphatic hydroxyl groups excluding tert-OH is 1. The Kier molecular flexibility index (Phi) is 5.75. The number of rotatable bonds is 3. The van der Waals surface area contributed by atoms with Gasteiger partial charge in [0.1, 0.15) is 6.42 Å². The molecule has 0 amide bonds. The van der Waals surface area contributed by atoms with E-state index < -0.39 is 0 Å². The first kappa shape index (κ1) is 13.8. The summed E-state index contributed by atoms with van der Waals surface area (Å²) in [4.78, 5) is 11.0. The van der Waals surface area contributed by atoms with Gasteiger partial charge in [0.15, 0.2) is 0 Å². The molecule has 0 unspecified atom stereocenters. The van der Waals surface area contributed by atoms with Gasteiger partial charge in [-0.2, -0.15) is 0 Å². The van der Waals surface area contributed by atoms with Crippen molar-refractivity contribution in [2.45, 2.75) is 20.0 Å². The van der Waals surface area contributed by atoms with E-state index in [0.717, 1.165) is 15.6 Å². The monoisotopic (exact) mass is 296 g/mol. The molecule has 0 saturated carbocycles. The lowest BCUT2D eigenvalue weighted by molar-refractivity contribution is -0.141. The Morgan fingerprint density at radius 3 is 2.94 bits per heavy atom. The number of carbonyl (C=O) groups excluding carboxylic acids is 1. The molecule has 0 aromatic heterocycles. The van der Waals surface area contributed by atoms with Crippen molar-refractivity contribution in [3.63, 3.8) is 0 Å². The van der Waals surface area contributed by atoms with Crippen LogP contribution in [0.1, 0.15) is 24.5 Å². The molecule has 90 valence electrons. The molecule has 0 saturated heterocycles. The first-order valence-electron chi connectivity index (χ1n) is 5.21. The highest BCUT2D eigenvalue weighted by Crippen LogP contribution is 2.17. The highest BCUT2D eigenvalue weighted by molar-refractivity contribution is 9.10. The number of ether oxygens (including phenoxy) is 1. The molecule has 0 atom stereocenters. The van der Waals surface area contributed by atoms with Crippen LogP contribution in [0.4, 0.5) is 0 Å². The molecule has 0 aliphatic carbocycles. The number of hydrogen-bond acceptors (Lipinski definition) is 3. The van der Waals surface area contributed by atoms with Gasteiger partial charge in [-0.05, 0) is 30.7 Å². The number of halogens is 1. The summed E-state index contributed by atoms with van der Waals surface area (Å²) in [5.41, 5.74) is 1.54. The molecule has 4 heteroatoms. The standard InChI is InChI=1S/C13H13BrO3/c1-2-17-13(16)5-3-4-10-6-7-12(14)11(8-10)9-15/h6-8,15H,2,5,9H2,1H3. The van der Waals surface area contributed by atoms with Gasteiger partial charge in [0.2, 0.25) is 0 Å². The first-order valence-corrected chi connectivity index (χ1v) is 6.00. The Morgan fingerprint density at radius 1 is 1.53 bits per heavy atom. The summed E-state index contributed by atoms with van der Waals surface area (Å²) in [5, 5.41) is 9.07. The first-order chi connectivity index (χ1) is 8.17. The molecule has 0 fully saturated rings. The van der Waals surface area contributed by atoms with E-state index >= 15 is 0 Å². The molecule has 1 N–H and O–H groups in total. The van der Waals surface area contributed by atoms with Crippen molar-refractivity contribution in [3.8, 4) is 11.8 Å². The maximum absolute atomic E-state index is 11.0. The van der Waals surface area contributed by atoms with Crippen LogP contribution in [0.5, 0.6) is 0 Å². The van der Waals surface area contributed by atoms with E-state index in [2.05, 4.69) is 27.8 Å². The van der Waals surface area contributed by atoms with Gasteiger partial charge in [-0.25, -0.2) is 0 Å². The van der Waals surface area contributed by atoms with Crippen molar-refractivity contribution in [3.05, 3.63) is 33.8 Å². The number of esters is 1. The summed E-state index contributed by atoms with van der Waals surface area (Å²) in [6.07, 6.45) is 0.0817. The van der Waals surface area contributed by atoms with E-state index in [1.165, 1.54) is 0 Å². The molecule has 1 aromatic rings. The van der Waals surface area contributed by atoms with Gasteiger partial charge in [0, 0.05) is 10.0 Å². The van der Waals surface area contributed by atoms with Crippen LogP contribution in [0.25, 0.3) is 0 Å². The van der Waals surface area contributed by atoms with Crippen molar-refractivity contribution >= 4 is 21.9 Å². The van der Waals surface area contributed by atoms with Crippen LogP contribution in [0, 0.1) is 11.8 Å². The fourth-order valence-electron chi connectivity index (χ4n) is 1.20. The summed E-state index contributed by atoms with van der Waals surface area (Å²) in [7, 11) is 0. The van der Waals surface area contributed by atoms with Crippen molar-refractivity contribution in [1.82, 2.24) is 0 Å². The highest BCUT2D eigenvalue weighted by atomic mass is 79.9. The third kappa shape index (κ3) is 4.59. The molecule has 0 aliphatic rings. The average Bonchev–Trinajstić information content (AvgIpc) is 2.31. The third-order valence-corrected chi connectivity index (χ3v) is 2.76. The maximum atomic E-state index is 11.0. The lowest BCUT2D eigenvalue weighted by Crippen LogP contribution is -2.01. The Balaban J connectivity index is 2.69. The quantitative estimate of drug-likeness (QED) is 0.687. The fourth-order valence-corrected chi connectivity index (χ4v) is 1.58. The molecule has 1 aromatic carbocycles. The maximum Gasteiger partial charge on any atom is 0.317 e. The molecule has 3 nitrogen and oxygen atoms in total. The zero-order valence-corrected chi connectivity index (χ0v) is 11.1. The summed E-state index contributed by atoms with van der Waals surface area (Å²) in [6, 6.07) is 5.42. The zero-order chi connectivity index (χ0) is 12.7. The topological polar surface area (TPSA) is 46.5 Å². The SMILES string of the molecule is CCOC(=O)CC#Cc1ccc(Br)c(CO)c1. The molecule has 1 rings (SSSR count). The van der Waals surface area contributed by atoms with Crippen molar-refractivity contribution in [2.75, 3.05) is 6.61 Å². The second-order valence-corrected chi connectivity index (χ2v) is 4.10. The molecule has 0 aliphatic heterocycles. The smallest absolute Gasteiger partial charge is 0.317 e. The van der Waals surface area contributed by atoms with Crippen LogP contribution in [0.3, 0.4) is 0 Å². The Hall–Kier alpha value is -1.31. The minimum Gasteiger partial charge on any atom is -0.465 e. The molecule has 0 radical (unpaired) electrons. The lowest BCUT2D eigenvalue weighted by Gasteiger charge is -2.00. The summed E-state index contributed by atoms with van der Waals surface area (Å²) in [6.45, 7) is 2.08. The highest BCUT2D eigenvalue weighted by Gasteiger charge is 1.99. The largest absolute Gasteiger partial charge is 0.465 e. The van der Waals surface area contributed by atoms with Gasteiger partial charge in [0.25, 0.3) is 0 Å². The van der Waals surface area contributed by atoms with Crippen LogP contribution in [0.2, 0.25) is 0 Å². The average molecular weight is 297 g/mol.